The Morgan fingerprint density at radius 3 is 2.50 bits per heavy atom. The van der Waals surface area contributed by atoms with Crippen LogP contribution in [0.15, 0.2) is 36.7 Å². The minimum absolute atomic E-state index is 0.0326. The highest BCUT2D eigenvalue weighted by Crippen LogP contribution is 2.42. The molecule has 1 aliphatic rings. The fourth-order valence-corrected chi connectivity index (χ4v) is 4.38. The highest BCUT2D eigenvalue weighted by molar-refractivity contribution is 6.32. The Hall–Kier alpha value is -3.40. The standard InChI is InChI=1S/C25H27ClF2N4O4/c1-24(2,3)36-23(33)32-11-25(4,12-32)16-9-15-18(10-20(16)34-5)29-13-30-21(15)31-14-6-7-19(17(26)8-14)35-22(27)28/h6-10,13,22H,11-12H2,1-5H3,(H,29,30,31). The number of carbonyl (C=O) groups excluding carboxylic acids is 1. The molecule has 1 amide bonds. The predicted molar refractivity (Wildman–Crippen MR) is 133 cm³/mol. The number of benzene rings is 2. The van der Waals surface area contributed by atoms with Gasteiger partial charge in [0.25, 0.3) is 0 Å². The van der Waals surface area contributed by atoms with Crippen molar-refractivity contribution < 1.29 is 27.8 Å². The van der Waals surface area contributed by atoms with E-state index >= 15 is 0 Å². The van der Waals surface area contributed by atoms with E-state index in [2.05, 4.69) is 26.9 Å². The van der Waals surface area contributed by atoms with E-state index in [0.29, 0.717) is 41.2 Å². The summed E-state index contributed by atoms with van der Waals surface area (Å²) in [5, 5.41) is 3.92. The molecule has 36 heavy (non-hydrogen) atoms. The summed E-state index contributed by atoms with van der Waals surface area (Å²) < 4.78 is 40.6. The van der Waals surface area contributed by atoms with Crippen LogP contribution in [0.2, 0.25) is 5.02 Å². The SMILES string of the molecule is COc1cc2ncnc(Nc3ccc(OC(F)F)c(Cl)c3)c2cc1C1(C)CN(C(=O)OC(C)(C)C)C1. The molecular formula is C25H27ClF2N4O4. The molecule has 2 heterocycles. The molecule has 1 saturated heterocycles. The fraction of sp³-hybridized carbons (Fsp3) is 0.400. The summed E-state index contributed by atoms with van der Waals surface area (Å²) in [6.45, 7) is 5.49. The average molecular weight is 521 g/mol. The number of halogens is 3. The molecule has 0 aliphatic carbocycles. The number of amides is 1. The molecule has 11 heteroatoms. The molecule has 0 bridgehead atoms. The smallest absolute Gasteiger partial charge is 0.410 e. The number of alkyl halides is 2. The highest BCUT2D eigenvalue weighted by Gasteiger charge is 2.45. The Balaban J connectivity index is 1.64. The van der Waals surface area contributed by atoms with Crippen molar-refractivity contribution in [1.29, 1.82) is 0 Å². The van der Waals surface area contributed by atoms with Gasteiger partial charge in [-0.15, -0.1) is 0 Å². The zero-order chi connectivity index (χ0) is 26.3. The number of ether oxygens (including phenoxy) is 3. The van der Waals surface area contributed by atoms with E-state index in [9.17, 15) is 13.6 Å². The van der Waals surface area contributed by atoms with Crippen molar-refractivity contribution in [3.05, 3.63) is 47.2 Å². The number of likely N-dealkylation sites (tertiary alicyclic amines) is 1. The molecule has 4 rings (SSSR count). The lowest BCUT2D eigenvalue weighted by atomic mass is 9.75. The van der Waals surface area contributed by atoms with Crippen LogP contribution in [-0.2, 0) is 10.2 Å². The van der Waals surface area contributed by atoms with E-state index in [1.54, 1.807) is 18.1 Å². The summed E-state index contributed by atoms with van der Waals surface area (Å²) in [5.74, 6) is 1.02. The zero-order valence-corrected chi connectivity index (χ0v) is 21.3. The van der Waals surface area contributed by atoms with E-state index in [4.69, 9.17) is 21.1 Å². The number of aromatic nitrogens is 2. The molecular weight excluding hydrogens is 494 g/mol. The lowest BCUT2D eigenvalue weighted by Crippen LogP contribution is -2.60. The van der Waals surface area contributed by atoms with Crippen molar-refractivity contribution in [3.63, 3.8) is 0 Å². The van der Waals surface area contributed by atoms with E-state index in [1.807, 2.05) is 32.9 Å². The van der Waals surface area contributed by atoms with Gasteiger partial charge in [-0.3, -0.25) is 0 Å². The van der Waals surface area contributed by atoms with E-state index in [0.717, 1.165) is 5.56 Å². The average Bonchev–Trinajstić information content (AvgIpc) is 2.76. The van der Waals surface area contributed by atoms with Crippen molar-refractivity contribution in [2.45, 2.75) is 45.3 Å². The summed E-state index contributed by atoms with van der Waals surface area (Å²) >= 11 is 6.10. The normalized spacial score (nSPS) is 15.0. The van der Waals surface area contributed by atoms with Gasteiger partial charge < -0.3 is 24.4 Å². The topological polar surface area (TPSA) is 85.8 Å². The first-order valence-electron chi connectivity index (χ1n) is 11.2. The monoisotopic (exact) mass is 520 g/mol. The third kappa shape index (κ3) is 5.38. The van der Waals surface area contributed by atoms with Gasteiger partial charge >= 0.3 is 12.7 Å². The second-order valence-corrected chi connectivity index (χ2v) is 10.2. The summed E-state index contributed by atoms with van der Waals surface area (Å²) in [4.78, 5) is 22.9. The van der Waals surface area contributed by atoms with Crippen molar-refractivity contribution in [2.75, 3.05) is 25.5 Å². The Kier molecular flexibility index (Phi) is 6.83. The lowest BCUT2D eigenvalue weighted by Gasteiger charge is -2.48. The van der Waals surface area contributed by atoms with Crippen molar-refractivity contribution in [2.24, 2.45) is 0 Å². The van der Waals surface area contributed by atoms with Crippen molar-refractivity contribution in [3.8, 4) is 11.5 Å². The van der Waals surface area contributed by atoms with Crippen LogP contribution >= 0.6 is 11.6 Å². The first-order valence-corrected chi connectivity index (χ1v) is 11.6. The lowest BCUT2D eigenvalue weighted by molar-refractivity contribution is -0.0497. The Bertz CT molecular complexity index is 1290. The van der Waals surface area contributed by atoms with Crippen LogP contribution < -0.4 is 14.8 Å². The number of methoxy groups -OCH3 is 1. The third-order valence-corrected chi connectivity index (χ3v) is 6.04. The largest absolute Gasteiger partial charge is 0.496 e. The predicted octanol–water partition coefficient (Wildman–Crippen LogP) is 6.15. The van der Waals surface area contributed by atoms with Crippen LogP contribution in [-0.4, -0.2) is 53.4 Å². The number of carbonyl (C=O) groups is 1. The molecule has 0 unspecified atom stereocenters. The van der Waals surface area contributed by atoms with Crippen molar-refractivity contribution >= 4 is 40.1 Å². The molecule has 1 aromatic heterocycles. The van der Waals surface area contributed by atoms with Gasteiger partial charge in [0, 0.05) is 41.2 Å². The Labute approximate surface area is 212 Å². The number of nitrogens with one attached hydrogen (secondary N) is 1. The van der Waals surface area contributed by atoms with Crippen molar-refractivity contribution in [1.82, 2.24) is 14.9 Å². The van der Waals surface area contributed by atoms with Crippen LogP contribution in [0, 0.1) is 0 Å². The number of anilines is 2. The number of hydrogen-bond donors (Lipinski definition) is 1. The Morgan fingerprint density at radius 2 is 1.89 bits per heavy atom. The molecule has 0 saturated carbocycles. The molecule has 0 radical (unpaired) electrons. The van der Waals surface area contributed by atoms with Gasteiger partial charge in [0.15, 0.2) is 0 Å². The van der Waals surface area contributed by atoms with Gasteiger partial charge in [0.2, 0.25) is 0 Å². The van der Waals surface area contributed by atoms with Gasteiger partial charge in [-0.05, 0) is 45.0 Å². The maximum Gasteiger partial charge on any atom is 0.410 e. The first-order chi connectivity index (χ1) is 16.9. The minimum atomic E-state index is -2.97. The summed E-state index contributed by atoms with van der Waals surface area (Å²) in [6.07, 6.45) is 1.05. The van der Waals surface area contributed by atoms with Gasteiger partial charge in [0.1, 0.15) is 29.2 Å². The summed E-state index contributed by atoms with van der Waals surface area (Å²) in [5.41, 5.74) is 1.12. The molecule has 1 aliphatic heterocycles. The molecule has 0 spiro atoms. The van der Waals surface area contributed by atoms with Gasteiger partial charge in [-0.25, -0.2) is 14.8 Å². The fourth-order valence-electron chi connectivity index (χ4n) is 4.15. The maximum absolute atomic E-state index is 12.5. The molecule has 1 fully saturated rings. The first kappa shape index (κ1) is 25.7. The molecule has 192 valence electrons. The van der Waals surface area contributed by atoms with Gasteiger partial charge in [-0.1, -0.05) is 18.5 Å². The zero-order valence-electron chi connectivity index (χ0n) is 20.6. The number of hydrogen-bond acceptors (Lipinski definition) is 7. The van der Waals surface area contributed by atoms with E-state index in [-0.39, 0.29) is 22.3 Å². The molecule has 3 aromatic rings. The summed E-state index contributed by atoms with van der Waals surface area (Å²) in [6, 6.07) is 8.16. The molecule has 2 aromatic carbocycles. The molecule has 0 atom stereocenters. The maximum atomic E-state index is 12.5. The van der Waals surface area contributed by atoms with Crippen LogP contribution in [0.4, 0.5) is 25.1 Å². The molecule has 1 N–H and O–H groups in total. The summed E-state index contributed by atoms with van der Waals surface area (Å²) in [7, 11) is 1.59. The van der Waals surface area contributed by atoms with Crippen LogP contribution in [0.3, 0.4) is 0 Å². The van der Waals surface area contributed by atoms with Gasteiger partial charge in [0.05, 0.1) is 17.6 Å². The van der Waals surface area contributed by atoms with Crippen LogP contribution in [0.1, 0.15) is 33.3 Å². The third-order valence-electron chi connectivity index (χ3n) is 5.75. The van der Waals surface area contributed by atoms with Gasteiger partial charge in [-0.2, -0.15) is 8.78 Å². The minimum Gasteiger partial charge on any atom is -0.496 e. The number of fused-ring (bicyclic) bond motifs is 1. The van der Waals surface area contributed by atoms with E-state index in [1.165, 1.54) is 18.5 Å². The highest BCUT2D eigenvalue weighted by atomic mass is 35.5. The Morgan fingerprint density at radius 1 is 1.17 bits per heavy atom. The van der Waals surface area contributed by atoms with Crippen LogP contribution in [0.25, 0.3) is 10.9 Å². The van der Waals surface area contributed by atoms with Crippen LogP contribution in [0.5, 0.6) is 11.5 Å². The quantitative estimate of drug-likeness (QED) is 0.417. The second kappa shape index (κ2) is 9.57. The number of rotatable bonds is 6. The van der Waals surface area contributed by atoms with E-state index < -0.39 is 12.2 Å². The number of nitrogens with zero attached hydrogens (tertiary/aromatic N) is 3. The molecule has 8 nitrogen and oxygen atoms in total. The second-order valence-electron chi connectivity index (χ2n) is 9.84.